The van der Waals surface area contributed by atoms with Crippen LogP contribution < -0.4 is 10.1 Å². The van der Waals surface area contributed by atoms with Crippen molar-refractivity contribution in [1.29, 1.82) is 0 Å². The summed E-state index contributed by atoms with van der Waals surface area (Å²) >= 11 is 0. The number of amides is 1. The second-order valence-corrected chi connectivity index (χ2v) is 5.29. The van der Waals surface area contributed by atoms with Gasteiger partial charge in [-0.2, -0.15) is 0 Å². The van der Waals surface area contributed by atoms with Gasteiger partial charge in [-0.15, -0.1) is 0 Å². The normalized spacial score (nSPS) is 11.9. The van der Waals surface area contributed by atoms with Crippen LogP contribution in [0.15, 0.2) is 24.3 Å². The van der Waals surface area contributed by atoms with E-state index in [9.17, 15) is 9.59 Å². The van der Waals surface area contributed by atoms with E-state index in [1.165, 1.54) is 7.11 Å². The minimum absolute atomic E-state index is 0.145. The lowest BCUT2D eigenvalue weighted by atomic mass is 10.0. The number of esters is 1. The Balaban J connectivity index is 2.73. The molecule has 1 aromatic carbocycles. The maximum Gasteiger partial charge on any atom is 0.328 e. The number of carbonyl (C=O) groups excluding carboxylic acids is 2. The predicted octanol–water partition coefficient (Wildman–Crippen LogP) is 1.94. The molecule has 21 heavy (non-hydrogen) atoms. The van der Waals surface area contributed by atoms with Crippen molar-refractivity contribution < 1.29 is 19.1 Å². The zero-order valence-corrected chi connectivity index (χ0v) is 13.0. The lowest BCUT2D eigenvalue weighted by Crippen LogP contribution is -2.43. The Hall–Kier alpha value is -2.04. The Bertz CT molecular complexity index is 468. The molecule has 0 saturated carbocycles. The Morgan fingerprint density at radius 3 is 2.24 bits per heavy atom. The molecule has 0 unspecified atom stereocenters. The van der Waals surface area contributed by atoms with Crippen molar-refractivity contribution >= 4 is 11.9 Å². The summed E-state index contributed by atoms with van der Waals surface area (Å²) in [5.74, 6) is 0.401. The van der Waals surface area contributed by atoms with Crippen molar-refractivity contribution in [2.75, 3.05) is 14.2 Å². The van der Waals surface area contributed by atoms with E-state index >= 15 is 0 Å². The molecule has 0 fully saturated rings. The first-order valence-electron chi connectivity index (χ1n) is 6.96. The number of nitrogens with one attached hydrogen (secondary N) is 1. The van der Waals surface area contributed by atoms with Crippen LogP contribution in [0.3, 0.4) is 0 Å². The fraction of sp³-hybridized carbons (Fsp3) is 0.500. The molecule has 0 radical (unpaired) electrons. The first kappa shape index (κ1) is 17.0. The highest BCUT2D eigenvalue weighted by Gasteiger charge is 2.22. The van der Waals surface area contributed by atoms with Gasteiger partial charge in [0.05, 0.1) is 14.2 Å². The summed E-state index contributed by atoms with van der Waals surface area (Å²) < 4.78 is 9.85. The van der Waals surface area contributed by atoms with Crippen molar-refractivity contribution in [2.45, 2.75) is 32.7 Å². The number of methoxy groups -OCH3 is 2. The highest BCUT2D eigenvalue weighted by molar-refractivity contribution is 5.84. The molecule has 5 heteroatoms. The summed E-state index contributed by atoms with van der Waals surface area (Å²) in [6.07, 6.45) is 0.774. The van der Waals surface area contributed by atoms with Gasteiger partial charge in [0.25, 0.3) is 0 Å². The summed E-state index contributed by atoms with van der Waals surface area (Å²) in [7, 11) is 2.91. The Labute approximate surface area is 125 Å². The first-order valence-corrected chi connectivity index (χ1v) is 6.96. The van der Waals surface area contributed by atoms with E-state index in [0.717, 1.165) is 11.3 Å². The van der Waals surface area contributed by atoms with E-state index in [4.69, 9.17) is 9.47 Å². The molecule has 5 nitrogen and oxygen atoms in total. The molecule has 1 N–H and O–H groups in total. The van der Waals surface area contributed by atoms with E-state index in [1.54, 1.807) is 7.11 Å². The maximum absolute atomic E-state index is 11.8. The zero-order valence-electron chi connectivity index (χ0n) is 13.0. The van der Waals surface area contributed by atoms with Gasteiger partial charge >= 0.3 is 5.97 Å². The van der Waals surface area contributed by atoms with Crippen molar-refractivity contribution in [1.82, 2.24) is 5.32 Å². The summed E-state index contributed by atoms with van der Waals surface area (Å²) in [5.41, 5.74) is 0.927. The van der Waals surface area contributed by atoms with Gasteiger partial charge in [-0.3, -0.25) is 4.79 Å². The van der Waals surface area contributed by atoms with Crippen LogP contribution in [0.25, 0.3) is 0 Å². The molecule has 0 spiro atoms. The number of hydrogen-bond acceptors (Lipinski definition) is 4. The molecule has 1 rings (SSSR count). The standard InChI is InChI=1S/C16H23NO4/c1-11(2)9-15(18)17-14(16(19)21-4)10-12-5-7-13(20-3)8-6-12/h5-8,11,14H,9-10H2,1-4H3,(H,17,18)/t14-/m0/s1. The number of ether oxygens (including phenoxy) is 2. The van der Waals surface area contributed by atoms with Crippen LogP contribution in [0.1, 0.15) is 25.8 Å². The SMILES string of the molecule is COC(=O)[C@H](Cc1ccc(OC)cc1)NC(=O)CC(C)C. The van der Waals surface area contributed by atoms with E-state index in [0.29, 0.717) is 12.8 Å². The zero-order chi connectivity index (χ0) is 15.8. The minimum Gasteiger partial charge on any atom is -0.497 e. The predicted molar refractivity (Wildman–Crippen MR) is 80.1 cm³/mol. The molecule has 0 saturated heterocycles. The summed E-state index contributed by atoms with van der Waals surface area (Å²) in [6.45, 7) is 3.91. The lowest BCUT2D eigenvalue weighted by Gasteiger charge is -2.17. The van der Waals surface area contributed by atoms with Crippen LogP contribution >= 0.6 is 0 Å². The molecular weight excluding hydrogens is 270 g/mol. The lowest BCUT2D eigenvalue weighted by molar-refractivity contribution is -0.145. The number of hydrogen-bond donors (Lipinski definition) is 1. The second-order valence-electron chi connectivity index (χ2n) is 5.29. The molecule has 0 heterocycles. The van der Waals surface area contributed by atoms with Crippen LogP contribution in [0.2, 0.25) is 0 Å². The second kappa shape index (κ2) is 8.29. The largest absolute Gasteiger partial charge is 0.497 e. The van der Waals surface area contributed by atoms with Crippen LogP contribution in [0.5, 0.6) is 5.75 Å². The number of carbonyl (C=O) groups is 2. The molecule has 0 aliphatic rings. The fourth-order valence-electron chi connectivity index (χ4n) is 1.96. The summed E-state index contributed by atoms with van der Waals surface area (Å²) in [4.78, 5) is 23.6. The van der Waals surface area contributed by atoms with Crippen molar-refractivity contribution in [2.24, 2.45) is 5.92 Å². The van der Waals surface area contributed by atoms with E-state index in [-0.39, 0.29) is 11.8 Å². The van der Waals surface area contributed by atoms with Gasteiger partial charge in [-0.25, -0.2) is 4.79 Å². The van der Waals surface area contributed by atoms with Crippen LogP contribution in [0, 0.1) is 5.92 Å². The van der Waals surface area contributed by atoms with Crippen molar-refractivity contribution in [3.8, 4) is 5.75 Å². The molecule has 0 aromatic heterocycles. The third kappa shape index (κ3) is 5.85. The molecule has 1 atom stereocenters. The Morgan fingerprint density at radius 1 is 1.14 bits per heavy atom. The summed E-state index contributed by atoms with van der Waals surface area (Å²) in [5, 5.41) is 2.73. The van der Waals surface area contributed by atoms with Gasteiger partial charge < -0.3 is 14.8 Å². The van der Waals surface area contributed by atoms with Gasteiger partial charge in [0.1, 0.15) is 11.8 Å². The van der Waals surface area contributed by atoms with E-state index in [2.05, 4.69) is 5.32 Å². The van der Waals surface area contributed by atoms with Gasteiger partial charge in [-0.1, -0.05) is 26.0 Å². The van der Waals surface area contributed by atoms with Crippen LogP contribution in [0.4, 0.5) is 0 Å². The molecule has 0 aliphatic carbocycles. The Kier molecular flexibility index (Phi) is 6.72. The van der Waals surface area contributed by atoms with Crippen molar-refractivity contribution in [3.63, 3.8) is 0 Å². The average Bonchev–Trinajstić information content (AvgIpc) is 2.45. The Morgan fingerprint density at radius 2 is 1.76 bits per heavy atom. The average molecular weight is 293 g/mol. The highest BCUT2D eigenvalue weighted by Crippen LogP contribution is 2.13. The number of rotatable bonds is 7. The fourth-order valence-corrected chi connectivity index (χ4v) is 1.96. The van der Waals surface area contributed by atoms with Gasteiger partial charge in [0.15, 0.2) is 0 Å². The number of benzene rings is 1. The van der Waals surface area contributed by atoms with Gasteiger partial charge in [0, 0.05) is 12.8 Å². The molecule has 116 valence electrons. The van der Waals surface area contributed by atoms with E-state index in [1.807, 2.05) is 38.1 Å². The molecule has 1 amide bonds. The molecule has 1 aromatic rings. The quantitative estimate of drug-likeness (QED) is 0.780. The maximum atomic E-state index is 11.8. The minimum atomic E-state index is -0.672. The topological polar surface area (TPSA) is 64.6 Å². The smallest absolute Gasteiger partial charge is 0.328 e. The molecular formula is C16H23NO4. The monoisotopic (exact) mass is 293 g/mol. The van der Waals surface area contributed by atoms with Crippen molar-refractivity contribution in [3.05, 3.63) is 29.8 Å². The molecule has 0 bridgehead atoms. The van der Waals surface area contributed by atoms with Crippen LogP contribution in [-0.4, -0.2) is 32.1 Å². The third-order valence-electron chi connectivity index (χ3n) is 3.01. The van der Waals surface area contributed by atoms with Crippen LogP contribution in [-0.2, 0) is 20.7 Å². The van der Waals surface area contributed by atoms with Gasteiger partial charge in [-0.05, 0) is 23.6 Å². The highest BCUT2D eigenvalue weighted by atomic mass is 16.5. The third-order valence-corrected chi connectivity index (χ3v) is 3.01. The van der Waals surface area contributed by atoms with Gasteiger partial charge in [0.2, 0.25) is 5.91 Å². The van der Waals surface area contributed by atoms with E-state index < -0.39 is 12.0 Å². The first-order chi connectivity index (χ1) is 9.96. The molecule has 0 aliphatic heterocycles. The summed E-state index contributed by atoms with van der Waals surface area (Å²) in [6, 6.07) is 6.70.